The van der Waals surface area contributed by atoms with Gasteiger partial charge < -0.3 is 10.3 Å². The molecule has 2 N–H and O–H groups in total. The Morgan fingerprint density at radius 1 is 1.35 bits per heavy atom. The van der Waals surface area contributed by atoms with E-state index in [4.69, 9.17) is 0 Å². The van der Waals surface area contributed by atoms with E-state index in [9.17, 15) is 0 Å². The van der Waals surface area contributed by atoms with Crippen LogP contribution in [-0.4, -0.2) is 22.3 Å². The van der Waals surface area contributed by atoms with Crippen LogP contribution >= 0.6 is 11.8 Å². The Bertz CT molecular complexity index is 523. The van der Waals surface area contributed by atoms with Crippen LogP contribution in [0.3, 0.4) is 0 Å². The van der Waals surface area contributed by atoms with Crippen molar-refractivity contribution in [1.82, 2.24) is 15.3 Å². The van der Waals surface area contributed by atoms with Crippen LogP contribution in [0.5, 0.6) is 0 Å². The van der Waals surface area contributed by atoms with Crippen molar-refractivity contribution in [2.45, 2.75) is 38.4 Å². The number of aryl methyl sites for hydroxylation is 2. The summed E-state index contributed by atoms with van der Waals surface area (Å²) in [7, 11) is 0. The maximum atomic E-state index is 4.28. The van der Waals surface area contributed by atoms with Crippen molar-refractivity contribution in [3.8, 4) is 0 Å². The Balaban J connectivity index is 2.09. The van der Waals surface area contributed by atoms with Crippen LogP contribution in [0.2, 0.25) is 0 Å². The summed E-state index contributed by atoms with van der Waals surface area (Å²) in [5.74, 6) is 0.984. The van der Waals surface area contributed by atoms with Crippen LogP contribution in [-0.2, 0) is 0 Å². The number of thioether (sulfide) groups is 1. The molecule has 0 radical (unpaired) electrons. The minimum Gasteiger partial charge on any atom is -0.340 e. The number of imidazole rings is 1. The number of aromatic amines is 1. The van der Waals surface area contributed by atoms with E-state index in [1.54, 1.807) is 18.0 Å². The molecule has 0 bridgehead atoms. The number of hydrogen-bond acceptors (Lipinski definition) is 3. The van der Waals surface area contributed by atoms with Crippen LogP contribution in [0.1, 0.15) is 36.1 Å². The zero-order valence-corrected chi connectivity index (χ0v) is 13.3. The van der Waals surface area contributed by atoms with Crippen LogP contribution in [0.4, 0.5) is 0 Å². The summed E-state index contributed by atoms with van der Waals surface area (Å²) in [6.07, 6.45) is 4.81. The highest BCUT2D eigenvalue weighted by Crippen LogP contribution is 2.25. The second kappa shape index (κ2) is 7.50. The SMILES string of the molecule is CCCNC(CSc1ncc[nH]1)c1ccc(C)cc1C. The third-order valence-electron chi connectivity index (χ3n) is 3.30. The summed E-state index contributed by atoms with van der Waals surface area (Å²) < 4.78 is 0. The Labute approximate surface area is 125 Å². The van der Waals surface area contributed by atoms with Gasteiger partial charge in [-0.25, -0.2) is 4.98 Å². The molecule has 0 aliphatic heterocycles. The fourth-order valence-electron chi connectivity index (χ4n) is 2.29. The van der Waals surface area contributed by atoms with Crippen molar-refractivity contribution < 1.29 is 0 Å². The summed E-state index contributed by atoms with van der Waals surface area (Å²) in [5, 5.41) is 4.63. The van der Waals surface area contributed by atoms with Crippen molar-refractivity contribution in [3.63, 3.8) is 0 Å². The molecule has 0 saturated carbocycles. The van der Waals surface area contributed by atoms with Crippen molar-refractivity contribution in [1.29, 1.82) is 0 Å². The molecule has 3 nitrogen and oxygen atoms in total. The maximum absolute atomic E-state index is 4.28. The molecule has 1 heterocycles. The highest BCUT2D eigenvalue weighted by Gasteiger charge is 2.14. The molecule has 2 rings (SSSR count). The number of benzene rings is 1. The molecule has 0 aliphatic rings. The second-order valence-corrected chi connectivity index (χ2v) is 6.08. The average Bonchev–Trinajstić information content (AvgIpc) is 2.93. The molecule has 1 aromatic carbocycles. The molecule has 1 atom stereocenters. The van der Waals surface area contributed by atoms with Gasteiger partial charge in [-0.2, -0.15) is 0 Å². The van der Waals surface area contributed by atoms with Crippen molar-refractivity contribution in [2.24, 2.45) is 0 Å². The highest BCUT2D eigenvalue weighted by atomic mass is 32.2. The Kier molecular flexibility index (Phi) is 5.68. The van der Waals surface area contributed by atoms with Crippen LogP contribution in [0, 0.1) is 13.8 Å². The van der Waals surface area contributed by atoms with Gasteiger partial charge in [0.05, 0.1) is 0 Å². The van der Waals surface area contributed by atoms with Gasteiger partial charge in [-0.15, -0.1) is 0 Å². The fraction of sp³-hybridized carbons (Fsp3) is 0.438. The van der Waals surface area contributed by atoms with Crippen LogP contribution in [0.15, 0.2) is 35.7 Å². The molecule has 0 spiro atoms. The summed E-state index contributed by atoms with van der Waals surface area (Å²) in [5.41, 5.74) is 4.07. The minimum absolute atomic E-state index is 0.366. The zero-order valence-electron chi connectivity index (χ0n) is 12.4. The summed E-state index contributed by atoms with van der Waals surface area (Å²) >= 11 is 1.76. The molecule has 0 saturated heterocycles. The number of H-pyrrole nitrogens is 1. The monoisotopic (exact) mass is 289 g/mol. The van der Waals surface area contributed by atoms with Gasteiger partial charge in [0.15, 0.2) is 5.16 Å². The first-order valence-electron chi connectivity index (χ1n) is 7.13. The lowest BCUT2D eigenvalue weighted by molar-refractivity contribution is 0.574. The van der Waals surface area contributed by atoms with Crippen molar-refractivity contribution in [3.05, 3.63) is 47.3 Å². The number of rotatable bonds is 7. The van der Waals surface area contributed by atoms with Gasteiger partial charge >= 0.3 is 0 Å². The summed E-state index contributed by atoms with van der Waals surface area (Å²) in [6.45, 7) is 7.58. The molecule has 1 aromatic heterocycles. The predicted molar refractivity (Wildman–Crippen MR) is 86.3 cm³/mol. The largest absolute Gasteiger partial charge is 0.340 e. The van der Waals surface area contributed by atoms with Gasteiger partial charge in [-0.05, 0) is 37.9 Å². The molecule has 2 aromatic rings. The lowest BCUT2D eigenvalue weighted by Crippen LogP contribution is -2.25. The van der Waals surface area contributed by atoms with Crippen molar-refractivity contribution >= 4 is 11.8 Å². The second-order valence-electron chi connectivity index (χ2n) is 5.07. The topological polar surface area (TPSA) is 40.7 Å². The smallest absolute Gasteiger partial charge is 0.165 e. The first kappa shape index (κ1) is 15.1. The third-order valence-corrected chi connectivity index (χ3v) is 4.30. The predicted octanol–water partition coefficient (Wildman–Crippen LogP) is 3.86. The van der Waals surface area contributed by atoms with Gasteiger partial charge in [0.1, 0.15) is 0 Å². The molecular formula is C16H23N3S. The fourth-order valence-corrected chi connectivity index (χ4v) is 3.19. The zero-order chi connectivity index (χ0) is 14.4. The number of nitrogens with zero attached hydrogens (tertiary/aromatic N) is 1. The first-order chi connectivity index (χ1) is 9.70. The molecule has 108 valence electrons. The van der Waals surface area contributed by atoms with E-state index in [0.29, 0.717) is 6.04 Å². The van der Waals surface area contributed by atoms with E-state index in [2.05, 4.69) is 54.3 Å². The lowest BCUT2D eigenvalue weighted by Gasteiger charge is -2.20. The number of aromatic nitrogens is 2. The normalized spacial score (nSPS) is 12.6. The first-order valence-corrected chi connectivity index (χ1v) is 8.12. The van der Waals surface area contributed by atoms with Gasteiger partial charge in [0, 0.05) is 24.2 Å². The van der Waals surface area contributed by atoms with E-state index in [1.165, 1.54) is 16.7 Å². The Morgan fingerprint density at radius 3 is 2.85 bits per heavy atom. The maximum Gasteiger partial charge on any atom is 0.165 e. The lowest BCUT2D eigenvalue weighted by atomic mass is 10.00. The number of hydrogen-bond donors (Lipinski definition) is 2. The van der Waals surface area contributed by atoms with Gasteiger partial charge in [0.2, 0.25) is 0 Å². The third kappa shape index (κ3) is 4.12. The van der Waals surface area contributed by atoms with Gasteiger partial charge in [-0.3, -0.25) is 0 Å². The van der Waals surface area contributed by atoms with Crippen LogP contribution < -0.4 is 5.32 Å². The molecule has 0 amide bonds. The van der Waals surface area contributed by atoms with E-state index in [1.807, 2.05) is 6.20 Å². The average molecular weight is 289 g/mol. The van der Waals surface area contributed by atoms with Crippen LogP contribution in [0.25, 0.3) is 0 Å². The van der Waals surface area contributed by atoms with Gasteiger partial charge in [0.25, 0.3) is 0 Å². The minimum atomic E-state index is 0.366. The molecule has 0 fully saturated rings. The summed E-state index contributed by atoms with van der Waals surface area (Å²) in [4.78, 5) is 7.43. The Morgan fingerprint density at radius 2 is 2.20 bits per heavy atom. The standard InChI is InChI=1S/C16H23N3S/c1-4-7-17-15(11-20-16-18-8-9-19-16)14-6-5-12(2)10-13(14)3/h5-6,8-10,15,17H,4,7,11H2,1-3H3,(H,18,19). The Hall–Kier alpha value is -1.26. The summed E-state index contributed by atoms with van der Waals surface area (Å²) in [6, 6.07) is 7.07. The van der Waals surface area contributed by atoms with E-state index < -0.39 is 0 Å². The van der Waals surface area contributed by atoms with E-state index >= 15 is 0 Å². The van der Waals surface area contributed by atoms with Crippen molar-refractivity contribution in [2.75, 3.05) is 12.3 Å². The van der Waals surface area contributed by atoms with E-state index in [-0.39, 0.29) is 0 Å². The van der Waals surface area contributed by atoms with E-state index in [0.717, 1.165) is 23.9 Å². The quantitative estimate of drug-likeness (QED) is 0.760. The molecule has 0 aliphatic carbocycles. The molecule has 20 heavy (non-hydrogen) atoms. The molecular weight excluding hydrogens is 266 g/mol. The molecule has 1 unspecified atom stereocenters. The van der Waals surface area contributed by atoms with Gasteiger partial charge in [-0.1, -0.05) is 42.4 Å². The highest BCUT2D eigenvalue weighted by molar-refractivity contribution is 7.99. The molecule has 4 heteroatoms. The number of nitrogens with one attached hydrogen (secondary N) is 2.